The number of aromatic nitrogens is 1. The van der Waals surface area contributed by atoms with Crippen LogP contribution in [0.5, 0.6) is 0 Å². The number of barbiturate groups is 1. The molecular formula is C28H28N4O3. The van der Waals surface area contributed by atoms with Gasteiger partial charge in [0.2, 0.25) is 11.8 Å². The summed E-state index contributed by atoms with van der Waals surface area (Å²) < 4.78 is 0. The molecule has 0 bridgehead atoms. The van der Waals surface area contributed by atoms with Crippen molar-refractivity contribution >= 4 is 34.6 Å². The fourth-order valence-corrected chi connectivity index (χ4v) is 6.05. The molecule has 4 heterocycles. The van der Waals surface area contributed by atoms with Crippen molar-refractivity contribution in [3.8, 4) is 0 Å². The lowest BCUT2D eigenvalue weighted by atomic mass is 9.65. The molecule has 1 spiro atoms. The quantitative estimate of drug-likeness (QED) is 0.576. The highest BCUT2D eigenvalue weighted by molar-refractivity contribution is 6.20. The first kappa shape index (κ1) is 21.8. The Kier molecular flexibility index (Phi) is 4.91. The predicted molar refractivity (Wildman–Crippen MR) is 133 cm³/mol. The van der Waals surface area contributed by atoms with Gasteiger partial charge in [-0.2, -0.15) is 0 Å². The van der Waals surface area contributed by atoms with Crippen molar-refractivity contribution in [2.75, 3.05) is 11.4 Å². The summed E-state index contributed by atoms with van der Waals surface area (Å²) in [6, 6.07) is 16.6. The second-order valence-corrected chi connectivity index (χ2v) is 10.3. The first-order chi connectivity index (χ1) is 16.9. The minimum Gasteiger partial charge on any atom is -0.352 e. The van der Waals surface area contributed by atoms with Crippen molar-refractivity contribution in [1.29, 1.82) is 0 Å². The number of nitrogens with zero attached hydrogens (tertiary/aromatic N) is 3. The van der Waals surface area contributed by atoms with Crippen LogP contribution in [0, 0.1) is 18.3 Å². The maximum Gasteiger partial charge on any atom is 0.331 e. The van der Waals surface area contributed by atoms with Gasteiger partial charge in [-0.15, -0.1) is 0 Å². The van der Waals surface area contributed by atoms with Crippen molar-refractivity contribution in [2.24, 2.45) is 11.3 Å². The smallest absolute Gasteiger partial charge is 0.331 e. The summed E-state index contributed by atoms with van der Waals surface area (Å²) in [6.45, 7) is 5.05. The van der Waals surface area contributed by atoms with E-state index in [4.69, 9.17) is 4.98 Å². The minimum absolute atomic E-state index is 0.130. The van der Waals surface area contributed by atoms with E-state index in [2.05, 4.69) is 29.3 Å². The third-order valence-corrected chi connectivity index (χ3v) is 7.88. The van der Waals surface area contributed by atoms with E-state index >= 15 is 0 Å². The molecule has 0 radical (unpaired) electrons. The molecule has 0 saturated carbocycles. The Bertz CT molecular complexity index is 1370. The molecule has 0 aliphatic carbocycles. The number of hydrogen-bond acceptors (Lipinski definition) is 5. The molecule has 2 saturated heterocycles. The number of pyridine rings is 1. The van der Waals surface area contributed by atoms with Crippen molar-refractivity contribution in [1.82, 2.24) is 15.2 Å². The Hall–Kier alpha value is -3.74. The Labute approximate surface area is 204 Å². The van der Waals surface area contributed by atoms with Gasteiger partial charge in [-0.1, -0.05) is 48.9 Å². The Morgan fingerprint density at radius 2 is 1.89 bits per heavy atom. The lowest BCUT2D eigenvalue weighted by Gasteiger charge is -2.54. The van der Waals surface area contributed by atoms with E-state index in [-0.39, 0.29) is 19.0 Å². The number of nitrogens with one attached hydrogen (secondary N) is 1. The van der Waals surface area contributed by atoms with Crippen molar-refractivity contribution in [3.63, 3.8) is 0 Å². The number of rotatable bonds is 2. The summed E-state index contributed by atoms with van der Waals surface area (Å²) in [6.07, 6.45) is 1.89. The summed E-state index contributed by atoms with van der Waals surface area (Å²) in [5.41, 5.74) is 2.38. The molecule has 3 aliphatic rings. The minimum atomic E-state index is -1.37. The van der Waals surface area contributed by atoms with Crippen LogP contribution in [0.3, 0.4) is 0 Å². The number of aryl methyl sites for hydroxylation is 1. The predicted octanol–water partition coefficient (Wildman–Crippen LogP) is 3.97. The molecule has 3 aliphatic heterocycles. The van der Waals surface area contributed by atoms with E-state index in [1.54, 1.807) is 0 Å². The van der Waals surface area contributed by atoms with Gasteiger partial charge in [-0.05, 0) is 55.0 Å². The summed E-state index contributed by atoms with van der Waals surface area (Å²) in [5.74, 6) is 0.319. The number of carbonyl (C=O) groups excluding carboxylic acids is 3. The first-order valence-corrected chi connectivity index (χ1v) is 12.2. The zero-order chi connectivity index (χ0) is 24.3. The van der Waals surface area contributed by atoms with Crippen LogP contribution >= 0.6 is 0 Å². The number of amides is 4. The topological polar surface area (TPSA) is 82.6 Å². The SMILES string of the molecule is Cc1ccc2nc3c(cc2c1)C[C@]1(C(=O)NC(=O)N(Cc2ccccc2)C1=O)[C@@H]1C[C@H](C)CCN31. The summed E-state index contributed by atoms with van der Waals surface area (Å²) in [4.78, 5) is 49.1. The lowest BCUT2D eigenvalue weighted by molar-refractivity contribution is -0.154. The number of carbonyl (C=O) groups is 3. The molecule has 3 aromatic rings. The highest BCUT2D eigenvalue weighted by Crippen LogP contribution is 2.48. The average Bonchev–Trinajstić information content (AvgIpc) is 2.84. The van der Waals surface area contributed by atoms with Crippen LogP contribution < -0.4 is 10.2 Å². The van der Waals surface area contributed by atoms with Gasteiger partial charge in [0.15, 0.2) is 5.41 Å². The summed E-state index contributed by atoms with van der Waals surface area (Å²) >= 11 is 0. The monoisotopic (exact) mass is 468 g/mol. The van der Waals surface area contributed by atoms with Crippen LogP contribution in [-0.2, 0) is 22.6 Å². The van der Waals surface area contributed by atoms with Crippen LogP contribution in [0.2, 0.25) is 0 Å². The van der Waals surface area contributed by atoms with Crippen LogP contribution in [0.4, 0.5) is 10.6 Å². The molecule has 1 aromatic heterocycles. The van der Waals surface area contributed by atoms with Crippen molar-refractivity contribution in [2.45, 2.75) is 45.7 Å². The largest absolute Gasteiger partial charge is 0.352 e. The molecule has 2 aromatic carbocycles. The molecule has 4 amide bonds. The number of anilines is 1. The standard InChI is InChI=1S/C28H28N4O3/c1-17-8-9-22-20(12-17)14-21-15-28(23-13-18(2)10-11-31(23)24(21)29-22)25(33)30-27(35)32(26(28)34)16-19-6-4-3-5-7-19/h3-9,12,14,18,23H,10-11,13,15-16H2,1-2H3,(H,30,33,35)/t18-,23+,28-/m1/s1. The van der Waals surface area contributed by atoms with Gasteiger partial charge in [0.05, 0.1) is 18.1 Å². The van der Waals surface area contributed by atoms with Gasteiger partial charge >= 0.3 is 6.03 Å². The van der Waals surface area contributed by atoms with E-state index in [9.17, 15) is 14.4 Å². The highest BCUT2D eigenvalue weighted by atomic mass is 16.2. The second-order valence-electron chi connectivity index (χ2n) is 10.3. The molecule has 178 valence electrons. The van der Waals surface area contributed by atoms with E-state index < -0.39 is 23.3 Å². The lowest BCUT2D eigenvalue weighted by Crippen LogP contribution is -2.72. The normalized spacial score (nSPS) is 26.1. The zero-order valence-electron chi connectivity index (χ0n) is 20.0. The number of hydrogen-bond donors (Lipinski definition) is 1. The maximum atomic E-state index is 14.2. The zero-order valence-corrected chi connectivity index (χ0v) is 20.0. The fourth-order valence-electron chi connectivity index (χ4n) is 6.05. The Balaban J connectivity index is 1.49. The third-order valence-electron chi connectivity index (χ3n) is 7.88. The molecular weight excluding hydrogens is 440 g/mol. The van der Waals surface area contributed by atoms with Gasteiger partial charge in [-0.25, -0.2) is 9.78 Å². The third kappa shape index (κ3) is 3.32. The van der Waals surface area contributed by atoms with Crippen LogP contribution in [0.25, 0.3) is 10.9 Å². The van der Waals surface area contributed by atoms with E-state index in [1.807, 2.05) is 49.4 Å². The van der Waals surface area contributed by atoms with E-state index in [0.717, 1.165) is 46.4 Å². The van der Waals surface area contributed by atoms with Gasteiger partial charge in [0, 0.05) is 18.4 Å². The highest BCUT2D eigenvalue weighted by Gasteiger charge is 2.62. The number of urea groups is 1. The van der Waals surface area contributed by atoms with Gasteiger partial charge in [0.1, 0.15) is 5.82 Å². The molecule has 1 N–H and O–H groups in total. The van der Waals surface area contributed by atoms with Crippen molar-refractivity contribution in [3.05, 3.63) is 71.3 Å². The maximum absolute atomic E-state index is 14.2. The summed E-state index contributed by atoms with van der Waals surface area (Å²) in [7, 11) is 0. The van der Waals surface area contributed by atoms with Gasteiger partial charge in [-0.3, -0.25) is 19.8 Å². The Morgan fingerprint density at radius 1 is 1.09 bits per heavy atom. The molecule has 7 heteroatoms. The fraction of sp³-hybridized carbons (Fsp3) is 0.357. The van der Waals surface area contributed by atoms with Gasteiger partial charge in [0.25, 0.3) is 0 Å². The number of piperidine rings is 1. The van der Waals surface area contributed by atoms with Gasteiger partial charge < -0.3 is 4.90 Å². The molecule has 0 unspecified atom stereocenters. The van der Waals surface area contributed by atoms with Crippen LogP contribution in [0.15, 0.2) is 54.6 Å². The molecule has 7 nitrogen and oxygen atoms in total. The molecule has 35 heavy (non-hydrogen) atoms. The van der Waals surface area contributed by atoms with E-state index in [1.165, 1.54) is 4.90 Å². The molecule has 2 fully saturated rings. The Morgan fingerprint density at radius 3 is 2.69 bits per heavy atom. The van der Waals surface area contributed by atoms with Crippen LogP contribution in [0.1, 0.15) is 36.5 Å². The second kappa shape index (κ2) is 7.90. The molecule has 6 rings (SSSR count). The summed E-state index contributed by atoms with van der Waals surface area (Å²) in [5, 5.41) is 3.54. The van der Waals surface area contributed by atoms with Crippen molar-refractivity contribution < 1.29 is 14.4 Å². The average molecular weight is 469 g/mol. The van der Waals surface area contributed by atoms with Crippen LogP contribution in [-0.4, -0.2) is 40.3 Å². The number of fused-ring (bicyclic) bond motifs is 5. The van der Waals surface area contributed by atoms with E-state index in [0.29, 0.717) is 12.3 Å². The molecule has 3 atom stereocenters. The first-order valence-electron chi connectivity index (χ1n) is 12.2. The number of benzene rings is 2. The number of imide groups is 2.